The van der Waals surface area contributed by atoms with Gasteiger partial charge in [-0.3, -0.25) is 0 Å². The second kappa shape index (κ2) is 11.9. The number of halogens is 7. The summed E-state index contributed by atoms with van der Waals surface area (Å²) in [7, 11) is 0. The summed E-state index contributed by atoms with van der Waals surface area (Å²) in [5, 5.41) is 9.37. The molecule has 10 heteroatoms. The summed E-state index contributed by atoms with van der Waals surface area (Å²) in [6.07, 6.45) is -7.20. The highest BCUT2D eigenvalue weighted by atomic mass is 35.5. The Balaban J connectivity index is 0.00000544. The first-order chi connectivity index (χ1) is 14.9. The van der Waals surface area contributed by atoms with E-state index >= 15 is 0 Å². The number of hydrogen-bond donors (Lipinski definition) is 2. The average Bonchev–Trinajstić information content (AvgIpc) is 2.74. The van der Waals surface area contributed by atoms with Crippen molar-refractivity contribution in [1.29, 1.82) is 0 Å². The smallest absolute Gasteiger partial charge is 0.419 e. The van der Waals surface area contributed by atoms with Gasteiger partial charge >= 0.3 is 12.4 Å². The second-order valence-corrected chi connectivity index (χ2v) is 7.85. The number of aliphatic hydroxyl groups excluding tert-OH is 1. The number of aryl methyl sites for hydroxylation is 2. The van der Waals surface area contributed by atoms with Gasteiger partial charge in [0.25, 0.3) is 0 Å². The van der Waals surface area contributed by atoms with Crippen LogP contribution in [-0.2, 0) is 25.2 Å². The van der Waals surface area contributed by atoms with Crippen LogP contribution in [0.1, 0.15) is 48.4 Å². The zero-order chi connectivity index (χ0) is 24.0. The van der Waals surface area contributed by atoms with Crippen LogP contribution in [0.3, 0.4) is 0 Å². The van der Waals surface area contributed by atoms with Gasteiger partial charge in [0.1, 0.15) is 5.75 Å². The van der Waals surface area contributed by atoms with E-state index in [9.17, 15) is 31.4 Å². The van der Waals surface area contributed by atoms with Gasteiger partial charge in [0.2, 0.25) is 0 Å². The zero-order valence-corrected chi connectivity index (χ0v) is 18.9. The lowest BCUT2D eigenvalue weighted by Crippen LogP contribution is -2.43. The van der Waals surface area contributed by atoms with Crippen LogP contribution >= 0.6 is 12.4 Å². The van der Waals surface area contributed by atoms with Gasteiger partial charge in [-0.25, -0.2) is 0 Å². The number of hydrogen-bond acceptors (Lipinski definition) is 3. The number of benzene rings is 2. The van der Waals surface area contributed by atoms with Crippen molar-refractivity contribution in [1.82, 2.24) is 0 Å². The Morgan fingerprint density at radius 2 is 1.48 bits per heavy atom. The monoisotopic (exact) mass is 499 g/mol. The van der Waals surface area contributed by atoms with Crippen LogP contribution in [0.25, 0.3) is 0 Å². The van der Waals surface area contributed by atoms with Gasteiger partial charge < -0.3 is 15.6 Å². The minimum Gasteiger partial charge on any atom is -0.493 e. The Labute approximate surface area is 195 Å². The van der Waals surface area contributed by atoms with E-state index < -0.39 is 29.0 Å². The predicted octanol–water partition coefficient (Wildman–Crippen LogP) is 6.19. The molecule has 0 aliphatic heterocycles. The van der Waals surface area contributed by atoms with E-state index in [-0.39, 0.29) is 37.8 Å². The Morgan fingerprint density at radius 3 is 2.00 bits per heavy atom. The Morgan fingerprint density at radius 1 is 0.879 bits per heavy atom. The largest absolute Gasteiger partial charge is 0.493 e. The summed E-state index contributed by atoms with van der Waals surface area (Å²) < 4.78 is 83.6. The third-order valence-corrected chi connectivity index (χ3v) is 5.43. The summed E-state index contributed by atoms with van der Waals surface area (Å²) in [6.45, 7) is 1.53. The normalized spacial score (nSPS) is 13.8. The van der Waals surface area contributed by atoms with Crippen LogP contribution in [-0.4, -0.2) is 23.9 Å². The number of ether oxygens (including phenoxy) is 1. The molecule has 0 saturated heterocycles. The number of rotatable bonds is 10. The number of alkyl halides is 6. The third-order valence-electron chi connectivity index (χ3n) is 5.43. The Hall–Kier alpha value is -1.97. The number of nitrogens with two attached hydrogens (primary N) is 1. The van der Waals surface area contributed by atoms with Crippen LogP contribution < -0.4 is 10.5 Å². The highest BCUT2D eigenvalue weighted by molar-refractivity contribution is 5.85. The summed E-state index contributed by atoms with van der Waals surface area (Å²) in [5.74, 6) is -0.301. The van der Waals surface area contributed by atoms with Gasteiger partial charge in [-0.05, 0) is 67.5 Å². The molecule has 186 valence electrons. The molecule has 1 atom stereocenters. The molecule has 0 heterocycles. The van der Waals surface area contributed by atoms with E-state index in [1.165, 1.54) is 24.3 Å². The molecular weight excluding hydrogens is 472 g/mol. The molecular formula is C23H28ClF6NO2. The van der Waals surface area contributed by atoms with Gasteiger partial charge in [0.15, 0.2) is 0 Å². The van der Waals surface area contributed by atoms with Crippen molar-refractivity contribution in [2.24, 2.45) is 5.73 Å². The van der Waals surface area contributed by atoms with Crippen LogP contribution in [0.5, 0.6) is 5.75 Å². The molecule has 0 saturated carbocycles. The van der Waals surface area contributed by atoms with E-state index in [1.807, 2.05) is 0 Å². The van der Waals surface area contributed by atoms with E-state index in [2.05, 4.69) is 0 Å². The van der Waals surface area contributed by atoms with Crippen molar-refractivity contribution in [3.63, 3.8) is 0 Å². The quantitative estimate of drug-likeness (QED) is 0.303. The molecule has 0 radical (unpaired) electrons. The van der Waals surface area contributed by atoms with E-state index in [4.69, 9.17) is 10.5 Å². The molecule has 2 aromatic carbocycles. The van der Waals surface area contributed by atoms with Crippen LogP contribution in [0, 0.1) is 0 Å². The van der Waals surface area contributed by atoms with Crippen molar-refractivity contribution in [3.8, 4) is 5.75 Å². The Kier molecular flexibility index (Phi) is 10.5. The molecule has 1 unspecified atom stereocenters. The lowest BCUT2D eigenvalue weighted by atomic mass is 9.90. The van der Waals surface area contributed by atoms with Gasteiger partial charge in [-0.2, -0.15) is 26.3 Å². The maximum Gasteiger partial charge on any atom is 0.419 e. The van der Waals surface area contributed by atoms with Crippen molar-refractivity contribution in [2.75, 3.05) is 13.2 Å². The molecule has 2 rings (SSSR count). The maximum atomic E-state index is 13.5. The molecule has 0 amide bonds. The number of aliphatic hydroxyl groups is 1. The first-order valence-electron chi connectivity index (χ1n) is 10.3. The fourth-order valence-corrected chi connectivity index (χ4v) is 3.16. The first kappa shape index (κ1) is 29.1. The Bertz CT molecular complexity index is 865. The topological polar surface area (TPSA) is 55.5 Å². The lowest BCUT2D eigenvalue weighted by molar-refractivity contribution is -0.139. The summed E-state index contributed by atoms with van der Waals surface area (Å²) in [4.78, 5) is 0. The maximum absolute atomic E-state index is 13.5. The van der Waals surface area contributed by atoms with Gasteiger partial charge in [0, 0.05) is 5.54 Å². The molecule has 0 spiro atoms. The standard InChI is InChI=1S/C23H27F6NO2.ClH/c1-2-21(30,15-31)12-11-17-7-10-20(19(14-17)23(27,28)29)32-13-3-4-16-5-8-18(9-6-16)22(24,25)26;/h5-10,14,31H,2-4,11-13,15,30H2,1H3;1H. The predicted molar refractivity (Wildman–Crippen MR) is 117 cm³/mol. The highest BCUT2D eigenvalue weighted by Gasteiger charge is 2.35. The first-order valence-corrected chi connectivity index (χ1v) is 10.3. The molecule has 33 heavy (non-hydrogen) atoms. The van der Waals surface area contributed by atoms with Crippen molar-refractivity contribution >= 4 is 12.4 Å². The van der Waals surface area contributed by atoms with Crippen LogP contribution in [0.15, 0.2) is 42.5 Å². The lowest BCUT2D eigenvalue weighted by Gasteiger charge is -2.25. The molecule has 3 N–H and O–H groups in total. The molecule has 2 aromatic rings. The molecule has 0 fully saturated rings. The van der Waals surface area contributed by atoms with Crippen LogP contribution in [0.4, 0.5) is 26.3 Å². The summed E-state index contributed by atoms with van der Waals surface area (Å²) >= 11 is 0. The average molecular weight is 500 g/mol. The van der Waals surface area contributed by atoms with Crippen molar-refractivity contribution in [3.05, 3.63) is 64.7 Å². The zero-order valence-electron chi connectivity index (χ0n) is 18.1. The highest BCUT2D eigenvalue weighted by Crippen LogP contribution is 2.37. The van der Waals surface area contributed by atoms with Crippen LogP contribution in [0.2, 0.25) is 0 Å². The van der Waals surface area contributed by atoms with E-state index in [0.717, 1.165) is 18.2 Å². The van der Waals surface area contributed by atoms with E-state index in [0.29, 0.717) is 36.8 Å². The van der Waals surface area contributed by atoms with Gasteiger partial charge in [0.05, 0.1) is 24.3 Å². The minimum atomic E-state index is -4.61. The molecule has 0 aliphatic rings. The molecule has 0 bridgehead atoms. The molecule has 3 nitrogen and oxygen atoms in total. The van der Waals surface area contributed by atoms with Crippen molar-refractivity contribution < 1.29 is 36.2 Å². The fourth-order valence-electron chi connectivity index (χ4n) is 3.16. The third kappa shape index (κ3) is 8.72. The fraction of sp³-hybridized carbons (Fsp3) is 0.478. The van der Waals surface area contributed by atoms with Gasteiger partial charge in [-0.15, -0.1) is 12.4 Å². The SMILES string of the molecule is CCC(N)(CO)CCc1ccc(OCCCc2ccc(C(F)(F)F)cc2)c(C(F)(F)F)c1.Cl. The van der Waals surface area contributed by atoms with E-state index in [1.54, 1.807) is 6.92 Å². The minimum absolute atomic E-state index is 0. The summed E-state index contributed by atoms with van der Waals surface area (Å²) in [5.41, 5.74) is 4.59. The molecule has 0 aliphatic carbocycles. The van der Waals surface area contributed by atoms with Gasteiger partial charge in [-0.1, -0.05) is 25.1 Å². The van der Waals surface area contributed by atoms with Crippen molar-refractivity contribution in [2.45, 2.75) is 56.9 Å². The molecule has 0 aromatic heterocycles. The second-order valence-electron chi connectivity index (χ2n) is 7.85. The summed E-state index contributed by atoms with van der Waals surface area (Å²) in [6, 6.07) is 8.47.